The van der Waals surface area contributed by atoms with E-state index in [0.29, 0.717) is 40.8 Å². The van der Waals surface area contributed by atoms with E-state index in [-0.39, 0.29) is 29.6 Å². The van der Waals surface area contributed by atoms with Crippen LogP contribution in [0.15, 0.2) is 77.5 Å². The number of hydrogen-bond donors (Lipinski definition) is 5. The van der Waals surface area contributed by atoms with E-state index in [2.05, 4.69) is 25.9 Å². The predicted octanol–water partition coefficient (Wildman–Crippen LogP) is 5.54. The zero-order valence-corrected chi connectivity index (χ0v) is 21.3. The number of aromatic amines is 1. The first-order valence-corrected chi connectivity index (χ1v) is 12.5. The van der Waals surface area contributed by atoms with Gasteiger partial charge in [-0.25, -0.2) is 9.59 Å². The molecule has 1 aliphatic carbocycles. The van der Waals surface area contributed by atoms with E-state index in [0.717, 1.165) is 11.3 Å². The maximum atomic E-state index is 12.3. The summed E-state index contributed by atoms with van der Waals surface area (Å²) >= 11 is 6.62. The molecular weight excluding hydrogens is 506 g/mol. The number of hydrogen-bond acceptors (Lipinski definition) is 5. The number of nitrogens with one attached hydrogen (secondary N) is 4. The van der Waals surface area contributed by atoms with Crippen molar-refractivity contribution in [2.45, 2.75) is 25.9 Å². The number of fused-ring (bicyclic) bond motifs is 1. The predicted molar refractivity (Wildman–Crippen MR) is 145 cm³/mol. The van der Waals surface area contributed by atoms with Gasteiger partial charge >= 0.3 is 18.0 Å². The summed E-state index contributed by atoms with van der Waals surface area (Å²) in [7, 11) is 0. The summed E-state index contributed by atoms with van der Waals surface area (Å²) in [6, 6.07) is 14.3. The van der Waals surface area contributed by atoms with Crippen LogP contribution in [0.25, 0.3) is 6.08 Å². The molecule has 5 rings (SSSR count). The maximum Gasteiger partial charge on any atom is 0.336 e. The minimum atomic E-state index is -1.02. The van der Waals surface area contributed by atoms with Gasteiger partial charge in [0, 0.05) is 23.2 Å². The van der Waals surface area contributed by atoms with E-state index in [1.165, 1.54) is 6.07 Å². The van der Waals surface area contributed by atoms with Gasteiger partial charge in [0.1, 0.15) is 5.75 Å². The topological polar surface area (TPSA) is 128 Å². The number of carbonyl (C=O) groups excluding carboxylic acids is 1. The Morgan fingerprint density at radius 1 is 1.21 bits per heavy atom. The van der Waals surface area contributed by atoms with Gasteiger partial charge in [0.05, 0.1) is 17.3 Å². The Morgan fingerprint density at radius 3 is 2.76 bits per heavy atom. The summed E-state index contributed by atoms with van der Waals surface area (Å²) in [5, 5.41) is 19.0. The first-order chi connectivity index (χ1) is 18.4. The van der Waals surface area contributed by atoms with Crippen LogP contribution >= 0.6 is 11.6 Å². The summed E-state index contributed by atoms with van der Waals surface area (Å²) < 4.78 is 5.78. The number of aryl methyl sites for hydroxylation is 1. The number of urea groups is 1. The molecule has 2 aromatic carbocycles. The van der Waals surface area contributed by atoms with Crippen LogP contribution in [0.3, 0.4) is 0 Å². The molecular formula is C28H26ClN5O4. The normalized spacial score (nSPS) is 17.9. The van der Waals surface area contributed by atoms with Crippen LogP contribution in [0.4, 0.5) is 10.6 Å². The molecule has 2 heterocycles. The van der Waals surface area contributed by atoms with Crippen LogP contribution in [-0.2, 0) is 6.54 Å². The lowest BCUT2D eigenvalue weighted by molar-refractivity contribution is 0.0695. The molecule has 0 fully saturated rings. The lowest BCUT2D eigenvalue weighted by Crippen LogP contribution is -2.35. The van der Waals surface area contributed by atoms with Gasteiger partial charge in [-0.3, -0.25) is 0 Å². The zero-order chi connectivity index (χ0) is 26.6. The number of carboxylic acid groups (broad SMARTS) is 1. The van der Waals surface area contributed by atoms with Crippen molar-refractivity contribution in [1.82, 2.24) is 20.6 Å². The SMILES string of the molecule is Cc1ccc(Oc2nc3c([nH]2)C=C(Cl)C(C2C=CC(NC(=O)NCc4ccccc4)=CC2)N3)cc1C(=O)O. The Balaban J connectivity index is 1.18. The molecule has 2 aliphatic rings. The summed E-state index contributed by atoms with van der Waals surface area (Å²) in [6.45, 7) is 2.17. The van der Waals surface area contributed by atoms with E-state index in [1.807, 2.05) is 48.6 Å². The van der Waals surface area contributed by atoms with Crippen molar-refractivity contribution in [3.05, 3.63) is 99.9 Å². The fourth-order valence-electron chi connectivity index (χ4n) is 4.32. The molecule has 2 atom stereocenters. The number of benzene rings is 2. The number of nitrogens with zero attached hydrogens (tertiary/aromatic N) is 1. The minimum absolute atomic E-state index is 0.0427. The van der Waals surface area contributed by atoms with Crippen molar-refractivity contribution in [3.63, 3.8) is 0 Å². The van der Waals surface area contributed by atoms with Crippen molar-refractivity contribution < 1.29 is 19.4 Å². The molecule has 3 aromatic rings. The quantitative estimate of drug-likeness (QED) is 0.272. The zero-order valence-electron chi connectivity index (χ0n) is 20.5. The molecule has 2 unspecified atom stereocenters. The highest BCUT2D eigenvalue weighted by Gasteiger charge is 2.29. The Kier molecular flexibility index (Phi) is 7.19. The van der Waals surface area contributed by atoms with Crippen LogP contribution in [0.2, 0.25) is 0 Å². The molecule has 2 amide bonds. The lowest BCUT2D eigenvalue weighted by Gasteiger charge is -2.29. The molecule has 1 aromatic heterocycles. The van der Waals surface area contributed by atoms with E-state index in [9.17, 15) is 14.7 Å². The second kappa shape index (κ2) is 10.9. The molecule has 0 saturated heterocycles. The number of ether oxygens (including phenoxy) is 1. The highest BCUT2D eigenvalue weighted by Crippen LogP contribution is 2.35. The number of allylic oxidation sites excluding steroid dienone is 2. The average Bonchev–Trinajstić information content (AvgIpc) is 3.30. The second-order valence-corrected chi connectivity index (χ2v) is 9.49. The molecule has 38 heavy (non-hydrogen) atoms. The molecule has 0 spiro atoms. The number of carbonyl (C=O) groups is 2. The van der Waals surface area contributed by atoms with Gasteiger partial charge in [0.25, 0.3) is 0 Å². The van der Waals surface area contributed by atoms with Crippen molar-refractivity contribution >= 4 is 35.5 Å². The van der Waals surface area contributed by atoms with Crippen molar-refractivity contribution in [1.29, 1.82) is 0 Å². The third-order valence-electron chi connectivity index (χ3n) is 6.35. The Hall–Kier alpha value is -4.50. The molecule has 0 saturated carbocycles. The molecule has 10 heteroatoms. The van der Waals surface area contributed by atoms with Crippen LogP contribution in [-0.4, -0.2) is 33.1 Å². The third kappa shape index (κ3) is 5.73. The van der Waals surface area contributed by atoms with Gasteiger partial charge in [-0.1, -0.05) is 60.2 Å². The molecule has 0 radical (unpaired) electrons. The Morgan fingerprint density at radius 2 is 2.03 bits per heavy atom. The first kappa shape index (κ1) is 25.2. The average molecular weight is 532 g/mol. The summed E-state index contributed by atoms with van der Waals surface area (Å²) in [4.78, 5) is 31.2. The molecule has 5 N–H and O–H groups in total. The van der Waals surface area contributed by atoms with Crippen LogP contribution < -0.4 is 20.7 Å². The van der Waals surface area contributed by atoms with Crippen LogP contribution in [0.5, 0.6) is 11.8 Å². The monoisotopic (exact) mass is 531 g/mol. The van der Waals surface area contributed by atoms with Gasteiger partial charge in [0.15, 0.2) is 5.82 Å². The lowest BCUT2D eigenvalue weighted by atomic mass is 9.90. The van der Waals surface area contributed by atoms with Crippen molar-refractivity contribution in [3.8, 4) is 11.8 Å². The van der Waals surface area contributed by atoms with Crippen molar-refractivity contribution in [2.24, 2.45) is 5.92 Å². The third-order valence-corrected chi connectivity index (χ3v) is 6.69. The van der Waals surface area contributed by atoms with Gasteiger partial charge in [-0.2, -0.15) is 4.98 Å². The Labute approximate surface area is 224 Å². The molecule has 0 bridgehead atoms. The molecule has 9 nitrogen and oxygen atoms in total. The second-order valence-electron chi connectivity index (χ2n) is 9.05. The summed E-state index contributed by atoms with van der Waals surface area (Å²) in [6.07, 6.45) is 8.31. The highest BCUT2D eigenvalue weighted by molar-refractivity contribution is 6.32. The van der Waals surface area contributed by atoms with Gasteiger partial charge in [0.2, 0.25) is 0 Å². The van der Waals surface area contributed by atoms with Crippen molar-refractivity contribution in [2.75, 3.05) is 5.32 Å². The van der Waals surface area contributed by atoms with E-state index >= 15 is 0 Å². The van der Waals surface area contributed by atoms with Gasteiger partial charge in [-0.05, 0) is 48.8 Å². The van der Waals surface area contributed by atoms with Gasteiger partial charge in [-0.15, -0.1) is 0 Å². The Bertz CT molecular complexity index is 1460. The number of anilines is 1. The number of halogens is 1. The fourth-order valence-corrected chi connectivity index (χ4v) is 4.64. The smallest absolute Gasteiger partial charge is 0.336 e. The molecule has 1 aliphatic heterocycles. The standard InChI is InChI=1S/C28H26ClN5O4/c1-16-7-12-20(13-21(16)26(35)36)38-28-32-23-14-22(29)24(33-25(23)34-28)18-8-10-19(11-9-18)31-27(37)30-15-17-5-3-2-4-6-17/h2-8,10-14,18,24,33H,9,15H2,1H3,(H,32,34)(H,35,36)(H2,30,31,37). The van der Waals surface area contributed by atoms with E-state index < -0.39 is 5.97 Å². The minimum Gasteiger partial charge on any atom is -0.478 e. The number of amides is 2. The van der Waals surface area contributed by atoms with E-state index in [1.54, 1.807) is 25.1 Å². The summed E-state index contributed by atoms with van der Waals surface area (Å²) in [5.41, 5.74) is 3.22. The number of imidazole rings is 1. The largest absolute Gasteiger partial charge is 0.478 e. The number of H-pyrrole nitrogens is 1. The number of aromatic nitrogens is 2. The summed E-state index contributed by atoms with van der Waals surface area (Å²) in [5.74, 6) is -0.0340. The highest BCUT2D eigenvalue weighted by atomic mass is 35.5. The van der Waals surface area contributed by atoms with Crippen LogP contribution in [0, 0.1) is 12.8 Å². The molecule has 194 valence electrons. The number of carboxylic acids is 1. The maximum absolute atomic E-state index is 12.3. The number of aromatic carboxylic acids is 1. The number of rotatable bonds is 7. The fraction of sp³-hybridized carbons (Fsp3) is 0.179. The van der Waals surface area contributed by atoms with Gasteiger partial charge < -0.3 is 30.8 Å². The van der Waals surface area contributed by atoms with Crippen LogP contribution in [0.1, 0.15) is 33.6 Å². The van der Waals surface area contributed by atoms with E-state index in [4.69, 9.17) is 16.3 Å². The first-order valence-electron chi connectivity index (χ1n) is 12.1.